The second-order valence-corrected chi connectivity index (χ2v) is 6.78. The fraction of sp³-hybridized carbons (Fsp3) is 0.400. The molecular formula is C20H21NO4. The lowest BCUT2D eigenvalue weighted by molar-refractivity contribution is 0.173. The third kappa shape index (κ3) is 2.19. The zero-order valence-electron chi connectivity index (χ0n) is 14.5. The average molecular weight is 339 g/mol. The van der Waals surface area contributed by atoms with Gasteiger partial charge in [-0.05, 0) is 47.7 Å². The number of fused-ring (bicyclic) bond motifs is 5. The van der Waals surface area contributed by atoms with Crippen LogP contribution >= 0.6 is 0 Å². The average Bonchev–Trinajstić information content (AvgIpc) is 3.18. The van der Waals surface area contributed by atoms with E-state index >= 15 is 0 Å². The smallest absolute Gasteiger partial charge is 0.231 e. The van der Waals surface area contributed by atoms with Crippen LogP contribution in [0.15, 0.2) is 24.3 Å². The molecule has 0 bridgehead atoms. The van der Waals surface area contributed by atoms with Crippen molar-refractivity contribution in [2.75, 3.05) is 27.6 Å². The summed E-state index contributed by atoms with van der Waals surface area (Å²) in [6.45, 7) is 2.26. The zero-order valence-corrected chi connectivity index (χ0v) is 14.5. The molecule has 0 spiro atoms. The first-order valence-corrected chi connectivity index (χ1v) is 8.67. The molecule has 0 saturated heterocycles. The normalized spacial score (nSPS) is 20.5. The van der Waals surface area contributed by atoms with Crippen molar-refractivity contribution in [3.8, 4) is 23.0 Å². The Kier molecular flexibility index (Phi) is 3.31. The van der Waals surface area contributed by atoms with Gasteiger partial charge in [0, 0.05) is 24.7 Å². The van der Waals surface area contributed by atoms with Crippen LogP contribution in [0.5, 0.6) is 23.0 Å². The van der Waals surface area contributed by atoms with Gasteiger partial charge in [-0.1, -0.05) is 6.07 Å². The summed E-state index contributed by atoms with van der Waals surface area (Å²) >= 11 is 0. The zero-order chi connectivity index (χ0) is 17.0. The molecule has 25 heavy (non-hydrogen) atoms. The lowest BCUT2D eigenvalue weighted by Gasteiger charge is -2.21. The molecule has 5 nitrogen and oxygen atoms in total. The van der Waals surface area contributed by atoms with Crippen molar-refractivity contribution in [2.45, 2.75) is 25.4 Å². The molecule has 3 heterocycles. The molecule has 0 aromatic heterocycles. The van der Waals surface area contributed by atoms with E-state index in [4.69, 9.17) is 18.9 Å². The van der Waals surface area contributed by atoms with Gasteiger partial charge in [-0.15, -0.1) is 0 Å². The van der Waals surface area contributed by atoms with Gasteiger partial charge in [-0.2, -0.15) is 0 Å². The topological polar surface area (TPSA) is 40.2 Å². The van der Waals surface area contributed by atoms with Gasteiger partial charge in [0.2, 0.25) is 6.79 Å². The fourth-order valence-electron chi connectivity index (χ4n) is 4.39. The molecule has 0 radical (unpaired) electrons. The lowest BCUT2D eigenvalue weighted by atomic mass is 9.95. The van der Waals surface area contributed by atoms with Crippen molar-refractivity contribution < 1.29 is 18.9 Å². The number of methoxy groups -OCH3 is 2. The molecule has 0 fully saturated rings. The van der Waals surface area contributed by atoms with E-state index < -0.39 is 0 Å². The predicted octanol–water partition coefficient (Wildman–Crippen LogP) is 3.09. The van der Waals surface area contributed by atoms with Crippen molar-refractivity contribution in [1.82, 2.24) is 4.90 Å². The maximum Gasteiger partial charge on any atom is 0.231 e. The highest BCUT2D eigenvalue weighted by Crippen LogP contribution is 2.47. The monoisotopic (exact) mass is 339 g/mol. The van der Waals surface area contributed by atoms with Gasteiger partial charge in [-0.3, -0.25) is 4.90 Å². The number of nitrogens with zero attached hydrogens (tertiary/aromatic N) is 1. The van der Waals surface area contributed by atoms with Crippen LogP contribution in [0.25, 0.3) is 0 Å². The van der Waals surface area contributed by atoms with Gasteiger partial charge in [0.05, 0.1) is 14.2 Å². The van der Waals surface area contributed by atoms with Gasteiger partial charge in [-0.25, -0.2) is 0 Å². The minimum absolute atomic E-state index is 0.327. The summed E-state index contributed by atoms with van der Waals surface area (Å²) in [7, 11) is 3.41. The van der Waals surface area contributed by atoms with Crippen molar-refractivity contribution in [1.29, 1.82) is 0 Å². The molecule has 0 unspecified atom stereocenters. The highest BCUT2D eigenvalue weighted by atomic mass is 16.7. The summed E-state index contributed by atoms with van der Waals surface area (Å²) in [5.41, 5.74) is 5.35. The van der Waals surface area contributed by atoms with E-state index in [1.54, 1.807) is 14.2 Å². The maximum atomic E-state index is 5.66. The van der Waals surface area contributed by atoms with Crippen molar-refractivity contribution in [3.05, 3.63) is 46.5 Å². The van der Waals surface area contributed by atoms with Crippen LogP contribution in [0.4, 0.5) is 0 Å². The summed E-state index contributed by atoms with van der Waals surface area (Å²) in [6.07, 6.45) is 2.00. The first-order valence-electron chi connectivity index (χ1n) is 8.67. The van der Waals surface area contributed by atoms with Gasteiger partial charge in [0.25, 0.3) is 0 Å². The predicted molar refractivity (Wildman–Crippen MR) is 92.7 cm³/mol. The fourth-order valence-corrected chi connectivity index (χ4v) is 4.39. The van der Waals surface area contributed by atoms with Gasteiger partial charge < -0.3 is 18.9 Å². The SMILES string of the molecule is COc1ccc2c(c1OC)CN1CCc3cc4c(cc3C[C@@H]21)OCO4. The van der Waals surface area contributed by atoms with Crippen molar-refractivity contribution >= 4 is 0 Å². The van der Waals surface area contributed by atoms with E-state index in [9.17, 15) is 0 Å². The standard InChI is InChI=1S/C20H21NO4/c1-22-17-4-3-14-15(20(17)23-2)10-21-6-5-12-8-18-19(25-11-24-18)9-13(12)7-16(14)21/h3-4,8-9,16H,5-7,10-11H2,1-2H3/t16-/m0/s1. The Morgan fingerprint density at radius 1 is 1.04 bits per heavy atom. The van der Waals surface area contributed by atoms with Crippen LogP contribution in [0.1, 0.15) is 28.3 Å². The van der Waals surface area contributed by atoms with Crippen LogP contribution in [0.2, 0.25) is 0 Å². The van der Waals surface area contributed by atoms with E-state index in [1.165, 1.54) is 22.3 Å². The minimum Gasteiger partial charge on any atom is -0.493 e. The molecule has 2 aromatic rings. The summed E-state index contributed by atoms with van der Waals surface area (Å²) in [5.74, 6) is 3.44. The molecule has 5 rings (SSSR count). The molecule has 3 aliphatic heterocycles. The van der Waals surface area contributed by atoms with Crippen LogP contribution in [0, 0.1) is 0 Å². The minimum atomic E-state index is 0.327. The summed E-state index contributed by atoms with van der Waals surface area (Å²) < 4.78 is 22.3. The molecule has 2 aromatic carbocycles. The van der Waals surface area contributed by atoms with E-state index in [0.717, 1.165) is 48.9 Å². The molecule has 5 heteroatoms. The van der Waals surface area contributed by atoms with Crippen LogP contribution < -0.4 is 18.9 Å². The van der Waals surface area contributed by atoms with Crippen molar-refractivity contribution in [3.63, 3.8) is 0 Å². The van der Waals surface area contributed by atoms with Crippen molar-refractivity contribution in [2.24, 2.45) is 0 Å². The first-order chi connectivity index (χ1) is 12.3. The van der Waals surface area contributed by atoms with Crippen LogP contribution in [-0.4, -0.2) is 32.5 Å². The lowest BCUT2D eigenvalue weighted by Crippen LogP contribution is -2.23. The number of ether oxygens (including phenoxy) is 4. The van der Waals surface area contributed by atoms with Crippen LogP contribution in [0.3, 0.4) is 0 Å². The number of hydrogen-bond acceptors (Lipinski definition) is 5. The Balaban J connectivity index is 1.56. The van der Waals surface area contributed by atoms with Crippen LogP contribution in [-0.2, 0) is 19.4 Å². The summed E-state index contributed by atoms with van der Waals surface area (Å²) in [5, 5.41) is 0. The Bertz CT molecular complexity index is 848. The first kappa shape index (κ1) is 14.9. The van der Waals surface area contributed by atoms with E-state index in [-0.39, 0.29) is 0 Å². The molecule has 0 N–H and O–H groups in total. The third-order valence-electron chi connectivity index (χ3n) is 5.62. The molecule has 0 amide bonds. The number of hydrogen-bond donors (Lipinski definition) is 0. The molecular weight excluding hydrogens is 318 g/mol. The number of rotatable bonds is 2. The van der Waals surface area contributed by atoms with Gasteiger partial charge in [0.15, 0.2) is 23.0 Å². The van der Waals surface area contributed by atoms with E-state index in [1.807, 2.05) is 6.07 Å². The molecule has 3 aliphatic rings. The summed E-state index contributed by atoms with van der Waals surface area (Å²) in [6, 6.07) is 8.91. The maximum absolute atomic E-state index is 5.66. The Labute approximate surface area is 147 Å². The van der Waals surface area contributed by atoms with E-state index in [0.29, 0.717) is 12.8 Å². The third-order valence-corrected chi connectivity index (χ3v) is 5.62. The van der Waals surface area contributed by atoms with Gasteiger partial charge >= 0.3 is 0 Å². The second kappa shape index (κ2) is 5.56. The summed E-state index contributed by atoms with van der Waals surface area (Å²) in [4.78, 5) is 2.54. The van der Waals surface area contributed by atoms with Gasteiger partial charge in [0.1, 0.15) is 0 Å². The molecule has 130 valence electrons. The number of benzene rings is 2. The largest absolute Gasteiger partial charge is 0.493 e. The molecule has 0 saturated carbocycles. The Morgan fingerprint density at radius 2 is 1.84 bits per heavy atom. The quantitative estimate of drug-likeness (QED) is 0.841. The molecule has 1 atom stereocenters. The Morgan fingerprint density at radius 3 is 2.60 bits per heavy atom. The second-order valence-electron chi connectivity index (χ2n) is 6.78. The highest BCUT2D eigenvalue weighted by Gasteiger charge is 2.36. The highest BCUT2D eigenvalue weighted by molar-refractivity contribution is 5.55. The van der Waals surface area contributed by atoms with E-state index in [2.05, 4.69) is 23.1 Å². The Hall–Kier alpha value is -2.40. The molecule has 0 aliphatic carbocycles.